The van der Waals surface area contributed by atoms with Crippen LogP contribution in [-0.4, -0.2) is 46.1 Å². The summed E-state index contributed by atoms with van der Waals surface area (Å²) in [6.45, 7) is 4.11. The van der Waals surface area contributed by atoms with E-state index in [1.165, 1.54) is 32.0 Å². The van der Waals surface area contributed by atoms with E-state index in [-0.39, 0.29) is 0 Å². The maximum atomic E-state index is 9.00. The summed E-state index contributed by atoms with van der Waals surface area (Å²) in [6, 6.07) is 5.74. The first-order valence-electron chi connectivity index (χ1n) is 9.32. The second-order valence-corrected chi connectivity index (χ2v) is 7.07. The molecule has 2 aliphatic heterocycles. The second kappa shape index (κ2) is 7.65. The van der Waals surface area contributed by atoms with Gasteiger partial charge in [0.15, 0.2) is 0 Å². The van der Waals surface area contributed by atoms with Crippen LogP contribution in [0.2, 0.25) is 0 Å². The Bertz CT molecular complexity index is 757. The van der Waals surface area contributed by atoms with Crippen LogP contribution in [0.1, 0.15) is 31.4 Å². The molecule has 0 spiro atoms. The van der Waals surface area contributed by atoms with Crippen molar-refractivity contribution in [1.82, 2.24) is 19.9 Å². The van der Waals surface area contributed by atoms with Crippen molar-refractivity contribution in [2.45, 2.75) is 25.7 Å². The van der Waals surface area contributed by atoms with Crippen molar-refractivity contribution in [3.8, 4) is 6.07 Å². The Morgan fingerprint density at radius 2 is 1.46 bits per heavy atom. The molecule has 0 saturated carbocycles. The van der Waals surface area contributed by atoms with Crippen molar-refractivity contribution in [3.05, 3.63) is 36.5 Å². The fourth-order valence-electron chi connectivity index (χ4n) is 4.21. The zero-order valence-corrected chi connectivity index (χ0v) is 14.8. The molecule has 0 aliphatic carbocycles. The monoisotopic (exact) mass is 349 g/mol. The van der Waals surface area contributed by atoms with Crippen molar-refractivity contribution in [1.29, 1.82) is 5.26 Å². The van der Waals surface area contributed by atoms with Crippen LogP contribution in [0.4, 0.5) is 11.8 Å². The maximum Gasteiger partial charge on any atom is 0.225 e. The molecule has 0 bridgehead atoms. The van der Waals surface area contributed by atoms with E-state index >= 15 is 0 Å². The minimum absolute atomic E-state index is 0.438. The fourth-order valence-corrected chi connectivity index (χ4v) is 4.21. The summed E-state index contributed by atoms with van der Waals surface area (Å²) in [5.74, 6) is 3.31. The molecule has 0 aromatic carbocycles. The second-order valence-electron chi connectivity index (χ2n) is 7.07. The lowest BCUT2D eigenvalue weighted by molar-refractivity contribution is 0.232. The Morgan fingerprint density at radius 3 is 2.08 bits per heavy atom. The van der Waals surface area contributed by atoms with Crippen LogP contribution < -0.4 is 9.80 Å². The predicted octanol–water partition coefficient (Wildman–Crippen LogP) is 2.27. The lowest BCUT2D eigenvalue weighted by Crippen LogP contribution is -2.41. The number of piperidine rings is 2. The Labute approximate surface area is 153 Å². The molecular formula is C19H23N7. The van der Waals surface area contributed by atoms with Crippen LogP contribution in [0.3, 0.4) is 0 Å². The summed E-state index contributed by atoms with van der Waals surface area (Å²) in [5, 5.41) is 9.00. The van der Waals surface area contributed by atoms with Gasteiger partial charge in [0.05, 0.1) is 0 Å². The van der Waals surface area contributed by atoms with E-state index < -0.39 is 0 Å². The van der Waals surface area contributed by atoms with Crippen LogP contribution >= 0.6 is 0 Å². The average molecular weight is 349 g/mol. The van der Waals surface area contributed by atoms with Crippen LogP contribution in [-0.2, 0) is 0 Å². The van der Waals surface area contributed by atoms with E-state index in [9.17, 15) is 0 Å². The van der Waals surface area contributed by atoms with Gasteiger partial charge in [0.1, 0.15) is 23.9 Å². The summed E-state index contributed by atoms with van der Waals surface area (Å²) in [5.41, 5.74) is 0.438. The summed E-state index contributed by atoms with van der Waals surface area (Å²) in [7, 11) is 0. The van der Waals surface area contributed by atoms with Gasteiger partial charge in [-0.1, -0.05) is 0 Å². The molecule has 0 amide bonds. The third-order valence-electron chi connectivity index (χ3n) is 5.67. The highest BCUT2D eigenvalue weighted by Crippen LogP contribution is 2.34. The highest BCUT2D eigenvalue weighted by atomic mass is 15.2. The molecule has 0 unspecified atom stereocenters. The van der Waals surface area contributed by atoms with Gasteiger partial charge in [-0.3, -0.25) is 0 Å². The molecule has 0 N–H and O–H groups in total. The van der Waals surface area contributed by atoms with Gasteiger partial charge in [0.2, 0.25) is 5.95 Å². The van der Waals surface area contributed by atoms with E-state index in [1.807, 2.05) is 18.5 Å². The molecule has 134 valence electrons. The van der Waals surface area contributed by atoms with Crippen LogP contribution in [0.5, 0.6) is 0 Å². The molecular weight excluding hydrogens is 326 g/mol. The number of aromatic nitrogens is 4. The molecule has 2 aromatic heterocycles. The van der Waals surface area contributed by atoms with Crippen molar-refractivity contribution in [2.75, 3.05) is 36.0 Å². The quantitative estimate of drug-likeness (QED) is 0.840. The van der Waals surface area contributed by atoms with Gasteiger partial charge in [0.25, 0.3) is 0 Å². The van der Waals surface area contributed by atoms with E-state index in [2.05, 4.69) is 35.8 Å². The SMILES string of the molecule is N#Cc1cc(N2CCC(C3CCN(c4ncccn4)CC3)CC2)ncn1. The first-order chi connectivity index (χ1) is 12.8. The van der Waals surface area contributed by atoms with Gasteiger partial charge >= 0.3 is 0 Å². The maximum absolute atomic E-state index is 9.00. The minimum atomic E-state index is 0.438. The van der Waals surface area contributed by atoms with Crippen molar-refractivity contribution < 1.29 is 0 Å². The zero-order chi connectivity index (χ0) is 17.8. The average Bonchev–Trinajstić information content (AvgIpc) is 2.75. The zero-order valence-electron chi connectivity index (χ0n) is 14.8. The molecule has 2 fully saturated rings. The van der Waals surface area contributed by atoms with Crippen LogP contribution in [0.25, 0.3) is 0 Å². The molecule has 2 aliphatic rings. The minimum Gasteiger partial charge on any atom is -0.356 e. The van der Waals surface area contributed by atoms with E-state index in [4.69, 9.17) is 5.26 Å². The van der Waals surface area contributed by atoms with Gasteiger partial charge in [-0.2, -0.15) is 5.26 Å². The van der Waals surface area contributed by atoms with Gasteiger partial charge in [0, 0.05) is 44.6 Å². The molecule has 7 heteroatoms. The Kier molecular flexibility index (Phi) is 4.91. The summed E-state index contributed by atoms with van der Waals surface area (Å²) in [6.07, 6.45) is 9.94. The van der Waals surface area contributed by atoms with Crippen molar-refractivity contribution in [3.63, 3.8) is 0 Å². The van der Waals surface area contributed by atoms with Crippen LogP contribution in [0, 0.1) is 23.2 Å². The van der Waals surface area contributed by atoms with E-state index in [0.717, 1.165) is 49.8 Å². The van der Waals surface area contributed by atoms with Gasteiger partial charge in [-0.25, -0.2) is 19.9 Å². The van der Waals surface area contributed by atoms with Gasteiger partial charge in [-0.15, -0.1) is 0 Å². The summed E-state index contributed by atoms with van der Waals surface area (Å²) < 4.78 is 0. The largest absolute Gasteiger partial charge is 0.356 e. The number of hydrogen-bond acceptors (Lipinski definition) is 7. The Balaban J connectivity index is 1.30. The predicted molar refractivity (Wildman–Crippen MR) is 98.7 cm³/mol. The smallest absolute Gasteiger partial charge is 0.225 e. The highest BCUT2D eigenvalue weighted by molar-refractivity contribution is 5.42. The molecule has 26 heavy (non-hydrogen) atoms. The van der Waals surface area contributed by atoms with Gasteiger partial charge in [-0.05, 0) is 43.6 Å². The molecule has 0 radical (unpaired) electrons. The number of nitriles is 1. The highest BCUT2D eigenvalue weighted by Gasteiger charge is 2.30. The third-order valence-corrected chi connectivity index (χ3v) is 5.67. The first kappa shape index (κ1) is 16.7. The summed E-state index contributed by atoms with van der Waals surface area (Å²) >= 11 is 0. The third kappa shape index (κ3) is 3.59. The number of nitrogens with zero attached hydrogens (tertiary/aromatic N) is 7. The van der Waals surface area contributed by atoms with E-state index in [0.29, 0.717) is 5.69 Å². The lowest BCUT2D eigenvalue weighted by atomic mass is 9.79. The molecule has 4 heterocycles. The molecule has 2 saturated heterocycles. The lowest BCUT2D eigenvalue weighted by Gasteiger charge is -2.40. The fraction of sp³-hybridized carbons (Fsp3) is 0.526. The normalized spacial score (nSPS) is 19.3. The number of anilines is 2. The van der Waals surface area contributed by atoms with Crippen LogP contribution in [0.15, 0.2) is 30.9 Å². The number of rotatable bonds is 3. The topological polar surface area (TPSA) is 81.8 Å². The van der Waals surface area contributed by atoms with Gasteiger partial charge < -0.3 is 9.80 Å². The molecule has 4 rings (SSSR count). The first-order valence-corrected chi connectivity index (χ1v) is 9.32. The molecule has 7 nitrogen and oxygen atoms in total. The standard InChI is InChI=1S/C19H23N7/c20-13-17-12-18(24-14-23-17)25-8-2-15(3-9-25)16-4-10-26(11-5-16)19-21-6-1-7-22-19/h1,6-7,12,14-16H,2-5,8-11H2. The Morgan fingerprint density at radius 1 is 0.846 bits per heavy atom. The Hall–Kier alpha value is -2.75. The molecule has 0 atom stereocenters. The molecule has 2 aromatic rings. The van der Waals surface area contributed by atoms with Crippen molar-refractivity contribution in [2.24, 2.45) is 11.8 Å². The number of hydrogen-bond donors (Lipinski definition) is 0. The summed E-state index contributed by atoms with van der Waals surface area (Å²) in [4.78, 5) is 21.6. The van der Waals surface area contributed by atoms with E-state index in [1.54, 1.807) is 6.07 Å². The van der Waals surface area contributed by atoms with Crippen molar-refractivity contribution >= 4 is 11.8 Å².